The first-order valence-electron chi connectivity index (χ1n) is 4.40. The Kier molecular flexibility index (Phi) is 3.07. The molecule has 0 aliphatic carbocycles. The molecule has 0 saturated carbocycles. The van der Waals surface area contributed by atoms with Gasteiger partial charge < -0.3 is 4.74 Å². The number of aryl methyl sites for hydroxylation is 1. The van der Waals surface area contributed by atoms with Gasteiger partial charge in [0.1, 0.15) is 5.75 Å². The predicted octanol–water partition coefficient (Wildman–Crippen LogP) is 2.82. The zero-order chi connectivity index (χ0) is 9.84. The molecule has 0 spiro atoms. The Morgan fingerprint density at radius 3 is 2.77 bits per heavy atom. The molecule has 0 saturated heterocycles. The molecular formula is C11H15NO. The van der Waals surface area contributed by atoms with E-state index in [1.54, 1.807) is 6.20 Å². The van der Waals surface area contributed by atoms with Gasteiger partial charge >= 0.3 is 0 Å². The molecule has 0 N–H and O–H groups in total. The first-order valence-corrected chi connectivity index (χ1v) is 4.40. The van der Waals surface area contributed by atoms with Crippen molar-refractivity contribution in [1.29, 1.82) is 0 Å². The summed E-state index contributed by atoms with van der Waals surface area (Å²) in [5.74, 6) is 0.824. The van der Waals surface area contributed by atoms with E-state index in [9.17, 15) is 0 Å². The van der Waals surface area contributed by atoms with Gasteiger partial charge in [-0.3, -0.25) is 4.98 Å². The second-order valence-corrected chi connectivity index (χ2v) is 3.05. The lowest BCUT2D eigenvalue weighted by molar-refractivity contribution is 0.338. The molecule has 0 aliphatic rings. The van der Waals surface area contributed by atoms with Crippen molar-refractivity contribution in [1.82, 2.24) is 4.98 Å². The highest BCUT2D eigenvalue weighted by molar-refractivity contribution is 5.61. The van der Waals surface area contributed by atoms with Gasteiger partial charge in [-0.25, -0.2) is 0 Å². The molecule has 70 valence electrons. The first kappa shape index (κ1) is 9.78. The molecule has 1 aromatic rings. The summed E-state index contributed by atoms with van der Waals surface area (Å²) in [6.45, 7) is 10.5. The third-order valence-electron chi connectivity index (χ3n) is 1.77. The lowest BCUT2D eigenvalue weighted by Gasteiger charge is -2.07. The van der Waals surface area contributed by atoms with E-state index in [-0.39, 0.29) is 0 Å². The van der Waals surface area contributed by atoms with Gasteiger partial charge in [-0.2, -0.15) is 0 Å². The molecule has 0 aromatic carbocycles. The Balaban J connectivity index is 2.98. The number of hydrogen-bond acceptors (Lipinski definition) is 2. The van der Waals surface area contributed by atoms with E-state index in [0.29, 0.717) is 6.61 Å². The van der Waals surface area contributed by atoms with E-state index in [4.69, 9.17) is 4.74 Å². The Morgan fingerprint density at radius 2 is 2.31 bits per heavy atom. The molecule has 0 unspecified atom stereocenters. The molecule has 0 radical (unpaired) electrons. The zero-order valence-electron chi connectivity index (χ0n) is 8.42. The molecule has 0 atom stereocenters. The van der Waals surface area contributed by atoms with Crippen molar-refractivity contribution in [2.24, 2.45) is 0 Å². The largest absolute Gasteiger partial charge is 0.492 e. The zero-order valence-corrected chi connectivity index (χ0v) is 8.42. The average Bonchev–Trinajstić information content (AvgIpc) is 2.04. The third-order valence-corrected chi connectivity index (χ3v) is 1.77. The van der Waals surface area contributed by atoms with Gasteiger partial charge in [0.2, 0.25) is 0 Å². The number of ether oxygens (including phenoxy) is 1. The molecule has 0 aliphatic heterocycles. The van der Waals surface area contributed by atoms with E-state index in [2.05, 4.69) is 11.6 Å². The van der Waals surface area contributed by atoms with Gasteiger partial charge in [-0.15, -0.1) is 0 Å². The van der Waals surface area contributed by atoms with Crippen LogP contribution in [0.15, 0.2) is 18.8 Å². The summed E-state index contributed by atoms with van der Waals surface area (Å²) in [6.07, 6.45) is 1.74. The van der Waals surface area contributed by atoms with Crippen LogP contribution in [0.5, 0.6) is 5.75 Å². The Bertz CT molecular complexity index is 318. The Morgan fingerprint density at radius 1 is 1.62 bits per heavy atom. The van der Waals surface area contributed by atoms with Gasteiger partial charge in [0.15, 0.2) is 0 Å². The second kappa shape index (κ2) is 4.08. The van der Waals surface area contributed by atoms with Crippen LogP contribution in [-0.2, 0) is 0 Å². The quantitative estimate of drug-likeness (QED) is 0.708. The lowest BCUT2D eigenvalue weighted by atomic mass is 10.1. The van der Waals surface area contributed by atoms with Crippen LogP contribution in [0.3, 0.4) is 0 Å². The highest BCUT2D eigenvalue weighted by Gasteiger charge is 2.02. The maximum atomic E-state index is 5.33. The summed E-state index contributed by atoms with van der Waals surface area (Å²) in [4.78, 5) is 4.27. The van der Waals surface area contributed by atoms with Gasteiger partial charge in [0.25, 0.3) is 0 Å². The Hall–Kier alpha value is -1.31. The third kappa shape index (κ3) is 2.31. The normalized spacial score (nSPS) is 9.77. The van der Waals surface area contributed by atoms with E-state index in [0.717, 1.165) is 22.6 Å². The molecule has 1 rings (SSSR count). The van der Waals surface area contributed by atoms with E-state index in [1.807, 2.05) is 26.8 Å². The van der Waals surface area contributed by atoms with Crippen molar-refractivity contribution in [3.05, 3.63) is 30.1 Å². The highest BCUT2D eigenvalue weighted by Crippen LogP contribution is 2.18. The van der Waals surface area contributed by atoms with E-state index < -0.39 is 0 Å². The number of hydrogen-bond donors (Lipinski definition) is 0. The van der Waals surface area contributed by atoms with Crippen LogP contribution in [0.4, 0.5) is 0 Å². The first-order chi connectivity index (χ1) is 6.15. The molecule has 0 amide bonds. The second-order valence-electron chi connectivity index (χ2n) is 3.05. The minimum Gasteiger partial charge on any atom is -0.492 e. The topological polar surface area (TPSA) is 22.1 Å². The highest BCUT2D eigenvalue weighted by atomic mass is 16.5. The number of allylic oxidation sites excluding steroid dienone is 1. The molecule has 1 heterocycles. The standard InChI is InChI=1S/C11H15NO/c1-5-13-10-6-9(4)11(8(2)3)12-7-10/h6-7H,2,5H2,1,3-4H3. The number of aromatic nitrogens is 1. The maximum Gasteiger partial charge on any atom is 0.137 e. The molecule has 1 aromatic heterocycles. The van der Waals surface area contributed by atoms with Crippen molar-refractivity contribution in [2.45, 2.75) is 20.8 Å². The van der Waals surface area contributed by atoms with Crippen LogP contribution in [0.2, 0.25) is 0 Å². The van der Waals surface area contributed by atoms with Gasteiger partial charge in [0.05, 0.1) is 18.5 Å². The van der Waals surface area contributed by atoms with E-state index >= 15 is 0 Å². The smallest absolute Gasteiger partial charge is 0.137 e. The summed E-state index contributed by atoms with van der Waals surface area (Å²) < 4.78 is 5.33. The lowest BCUT2D eigenvalue weighted by Crippen LogP contribution is -1.95. The Labute approximate surface area is 79.3 Å². The van der Waals surface area contributed by atoms with Crippen LogP contribution in [0, 0.1) is 6.92 Å². The van der Waals surface area contributed by atoms with Crippen LogP contribution in [0.25, 0.3) is 5.57 Å². The molecular weight excluding hydrogens is 162 g/mol. The summed E-state index contributed by atoms with van der Waals surface area (Å²) in [6, 6.07) is 1.99. The summed E-state index contributed by atoms with van der Waals surface area (Å²) >= 11 is 0. The van der Waals surface area contributed by atoms with Crippen LogP contribution in [0.1, 0.15) is 25.1 Å². The minimum atomic E-state index is 0.674. The van der Waals surface area contributed by atoms with Crippen molar-refractivity contribution in [2.75, 3.05) is 6.61 Å². The molecule has 0 fully saturated rings. The number of rotatable bonds is 3. The summed E-state index contributed by atoms with van der Waals surface area (Å²) in [5.41, 5.74) is 3.06. The van der Waals surface area contributed by atoms with Crippen LogP contribution < -0.4 is 4.74 Å². The van der Waals surface area contributed by atoms with Crippen molar-refractivity contribution in [3.8, 4) is 5.75 Å². The molecule has 0 bridgehead atoms. The number of nitrogens with zero attached hydrogens (tertiary/aromatic N) is 1. The van der Waals surface area contributed by atoms with Crippen LogP contribution in [-0.4, -0.2) is 11.6 Å². The van der Waals surface area contributed by atoms with Crippen molar-refractivity contribution in [3.63, 3.8) is 0 Å². The molecule has 2 heteroatoms. The van der Waals surface area contributed by atoms with Crippen LogP contribution >= 0.6 is 0 Å². The average molecular weight is 177 g/mol. The van der Waals surface area contributed by atoms with Crippen molar-refractivity contribution >= 4 is 5.57 Å². The maximum absolute atomic E-state index is 5.33. The monoisotopic (exact) mass is 177 g/mol. The summed E-state index contributed by atoms with van der Waals surface area (Å²) in [5, 5.41) is 0. The molecule has 2 nitrogen and oxygen atoms in total. The fraction of sp³-hybridized carbons (Fsp3) is 0.364. The predicted molar refractivity (Wildman–Crippen MR) is 54.9 cm³/mol. The van der Waals surface area contributed by atoms with Gasteiger partial charge in [0, 0.05) is 0 Å². The fourth-order valence-electron chi connectivity index (χ4n) is 1.24. The SMILES string of the molecule is C=C(C)c1ncc(OCC)cc1C. The number of pyridine rings is 1. The minimum absolute atomic E-state index is 0.674. The summed E-state index contributed by atoms with van der Waals surface area (Å²) in [7, 11) is 0. The fourth-order valence-corrected chi connectivity index (χ4v) is 1.24. The van der Waals surface area contributed by atoms with E-state index in [1.165, 1.54) is 0 Å². The molecule has 13 heavy (non-hydrogen) atoms. The van der Waals surface area contributed by atoms with Gasteiger partial charge in [-0.05, 0) is 38.0 Å². The van der Waals surface area contributed by atoms with Crippen molar-refractivity contribution < 1.29 is 4.74 Å². The van der Waals surface area contributed by atoms with Gasteiger partial charge in [-0.1, -0.05) is 6.58 Å².